The van der Waals surface area contributed by atoms with E-state index in [1.165, 1.54) is 23.2 Å². The number of benzene rings is 1. The number of anilines is 3. The van der Waals surface area contributed by atoms with Crippen molar-refractivity contribution in [1.82, 2.24) is 14.9 Å². The number of rotatable bonds is 9. The van der Waals surface area contributed by atoms with Crippen LogP contribution in [-0.4, -0.2) is 61.5 Å². The summed E-state index contributed by atoms with van der Waals surface area (Å²) in [6.07, 6.45) is 2.18. The zero-order valence-electron chi connectivity index (χ0n) is 18.8. The quantitative estimate of drug-likeness (QED) is 0.471. The van der Waals surface area contributed by atoms with Gasteiger partial charge in [0.2, 0.25) is 5.95 Å². The summed E-state index contributed by atoms with van der Waals surface area (Å²) in [4.78, 5) is 33.9. The zero-order chi connectivity index (χ0) is 24.2. The number of aromatic nitrogens is 2. The van der Waals surface area contributed by atoms with Crippen LogP contribution >= 0.6 is 0 Å². The van der Waals surface area contributed by atoms with E-state index in [1.807, 2.05) is 20.8 Å². The molecule has 2 amide bonds. The van der Waals surface area contributed by atoms with Gasteiger partial charge in [0.15, 0.2) is 5.75 Å². The number of hydrogen-bond donors (Lipinski definition) is 3. The van der Waals surface area contributed by atoms with Crippen LogP contribution in [0.25, 0.3) is 0 Å². The lowest BCUT2D eigenvalue weighted by molar-refractivity contribution is 0.0825. The third-order valence-corrected chi connectivity index (χ3v) is 5.02. The first-order valence-corrected chi connectivity index (χ1v) is 11.6. The summed E-state index contributed by atoms with van der Waals surface area (Å²) in [7, 11) is -0.801. The van der Waals surface area contributed by atoms with Crippen molar-refractivity contribution in [2.45, 2.75) is 26.8 Å². The van der Waals surface area contributed by atoms with Gasteiger partial charge in [0.25, 0.3) is 11.8 Å². The Kier molecular flexibility index (Phi) is 7.62. The normalized spacial score (nSPS) is 12.2. The topological polar surface area (TPSA) is 157 Å². The van der Waals surface area contributed by atoms with Crippen LogP contribution in [0.4, 0.5) is 17.5 Å². The van der Waals surface area contributed by atoms with Crippen molar-refractivity contribution in [2.75, 3.05) is 31.0 Å². The number of carbonyl (C=O) groups excluding carboxylic acids is 2. The Morgan fingerprint density at radius 1 is 1.16 bits per heavy atom. The zero-order valence-corrected chi connectivity index (χ0v) is 19.6. The minimum atomic E-state index is -3.88. The highest BCUT2D eigenvalue weighted by Gasteiger charge is 2.20. The fourth-order valence-electron chi connectivity index (χ4n) is 2.49. The average molecular weight is 465 g/mol. The molecule has 0 aliphatic heterocycles. The molecule has 0 spiro atoms. The number of primary amides is 1. The van der Waals surface area contributed by atoms with Gasteiger partial charge < -0.3 is 25.5 Å². The van der Waals surface area contributed by atoms with Gasteiger partial charge >= 0.3 is 10.1 Å². The Labute approximate surface area is 187 Å². The molecule has 0 radical (unpaired) electrons. The molecule has 0 unspecified atom stereocenters. The van der Waals surface area contributed by atoms with Crippen molar-refractivity contribution in [1.29, 1.82) is 0 Å². The maximum Gasteiger partial charge on any atom is 0.306 e. The molecular weight excluding hydrogens is 436 g/mol. The van der Waals surface area contributed by atoms with Gasteiger partial charge in [-0.1, -0.05) is 13.8 Å². The predicted octanol–water partition coefficient (Wildman–Crippen LogP) is 1.82. The molecule has 1 aromatic heterocycles. The van der Waals surface area contributed by atoms with Crippen LogP contribution in [0.1, 0.15) is 41.5 Å². The van der Waals surface area contributed by atoms with Crippen LogP contribution in [0, 0.1) is 5.92 Å². The Bertz CT molecular complexity index is 1120. The molecule has 4 N–H and O–H groups in total. The monoisotopic (exact) mass is 464 g/mol. The van der Waals surface area contributed by atoms with Crippen molar-refractivity contribution in [3.05, 3.63) is 35.5 Å². The van der Waals surface area contributed by atoms with E-state index in [0.29, 0.717) is 5.69 Å². The first-order chi connectivity index (χ1) is 14.8. The maximum absolute atomic E-state index is 12.4. The maximum atomic E-state index is 12.4. The largest absolute Gasteiger partial charge is 0.382 e. The third kappa shape index (κ3) is 6.54. The van der Waals surface area contributed by atoms with Crippen molar-refractivity contribution in [3.8, 4) is 5.75 Å². The summed E-state index contributed by atoms with van der Waals surface area (Å²) >= 11 is 0. The van der Waals surface area contributed by atoms with Crippen LogP contribution in [0.3, 0.4) is 0 Å². The number of nitrogens with two attached hydrogens (primary N) is 1. The molecule has 174 valence electrons. The molecule has 0 aliphatic carbocycles. The number of hydrogen-bond acceptors (Lipinski definition) is 9. The van der Waals surface area contributed by atoms with E-state index < -0.39 is 21.9 Å². The van der Waals surface area contributed by atoms with Crippen molar-refractivity contribution in [2.24, 2.45) is 11.7 Å². The van der Waals surface area contributed by atoms with Gasteiger partial charge in [0.1, 0.15) is 5.82 Å². The van der Waals surface area contributed by atoms with E-state index in [-0.39, 0.29) is 40.6 Å². The van der Waals surface area contributed by atoms with Crippen LogP contribution in [-0.2, 0) is 10.1 Å². The predicted molar refractivity (Wildman–Crippen MR) is 122 cm³/mol. The molecule has 11 nitrogen and oxygen atoms in total. The van der Waals surface area contributed by atoms with Crippen molar-refractivity contribution < 1.29 is 22.2 Å². The fourth-order valence-corrected chi connectivity index (χ4v) is 2.96. The average Bonchev–Trinajstić information content (AvgIpc) is 2.66. The van der Waals surface area contributed by atoms with E-state index >= 15 is 0 Å². The molecule has 0 fully saturated rings. The molecule has 2 rings (SSSR count). The van der Waals surface area contributed by atoms with E-state index in [2.05, 4.69) is 20.6 Å². The number of nitrogens with one attached hydrogen (secondary N) is 2. The molecule has 0 bridgehead atoms. The molecule has 1 aromatic carbocycles. The van der Waals surface area contributed by atoms with Crippen LogP contribution in [0.2, 0.25) is 0 Å². The summed E-state index contributed by atoms with van der Waals surface area (Å²) < 4.78 is 28.4. The number of carbonyl (C=O) groups is 2. The lowest BCUT2D eigenvalue weighted by Gasteiger charge is -2.20. The molecule has 0 aliphatic rings. The second-order valence-corrected chi connectivity index (χ2v) is 9.40. The lowest BCUT2D eigenvalue weighted by Crippen LogP contribution is -2.25. The second-order valence-electron chi connectivity index (χ2n) is 7.82. The van der Waals surface area contributed by atoms with Gasteiger partial charge in [-0.15, -0.1) is 0 Å². The summed E-state index contributed by atoms with van der Waals surface area (Å²) in [5.74, 6) is -0.582. The van der Waals surface area contributed by atoms with Gasteiger partial charge in [-0.25, -0.2) is 4.98 Å². The SMILES string of the molecule is CC(C)[C@@H](C)Nc1nc(Nc2ccc(C(=O)N(C)C)c(OS(C)(=O)=O)c2)ncc1C(N)=O. The molecule has 12 heteroatoms. The Hall–Kier alpha value is -3.41. The van der Waals surface area contributed by atoms with Gasteiger partial charge in [0, 0.05) is 38.1 Å². The van der Waals surface area contributed by atoms with Crippen molar-refractivity contribution >= 4 is 39.4 Å². The number of nitrogens with zero attached hydrogens (tertiary/aromatic N) is 3. The molecule has 2 aromatic rings. The minimum absolute atomic E-state index is 0.00180. The van der Waals surface area contributed by atoms with E-state index in [0.717, 1.165) is 6.26 Å². The minimum Gasteiger partial charge on any atom is -0.382 e. The van der Waals surface area contributed by atoms with Gasteiger partial charge in [-0.2, -0.15) is 13.4 Å². The van der Waals surface area contributed by atoms with Gasteiger partial charge in [-0.3, -0.25) is 9.59 Å². The highest BCUT2D eigenvalue weighted by Crippen LogP contribution is 2.27. The Morgan fingerprint density at radius 3 is 2.34 bits per heavy atom. The fraction of sp³-hybridized carbons (Fsp3) is 0.400. The summed E-state index contributed by atoms with van der Waals surface area (Å²) in [6, 6.07) is 4.35. The molecule has 1 heterocycles. The lowest BCUT2D eigenvalue weighted by atomic mass is 10.1. The van der Waals surface area contributed by atoms with E-state index in [9.17, 15) is 18.0 Å². The second kappa shape index (κ2) is 9.81. The number of amides is 2. The first-order valence-electron chi connectivity index (χ1n) is 9.74. The summed E-state index contributed by atoms with van der Waals surface area (Å²) in [5, 5.41) is 6.07. The highest BCUT2D eigenvalue weighted by atomic mass is 32.2. The van der Waals surface area contributed by atoms with Gasteiger partial charge in [-0.05, 0) is 25.0 Å². The summed E-state index contributed by atoms with van der Waals surface area (Å²) in [6.45, 7) is 5.98. The van der Waals surface area contributed by atoms with Crippen LogP contribution in [0.5, 0.6) is 5.75 Å². The van der Waals surface area contributed by atoms with Crippen molar-refractivity contribution in [3.63, 3.8) is 0 Å². The molecule has 1 atom stereocenters. The highest BCUT2D eigenvalue weighted by molar-refractivity contribution is 7.86. The summed E-state index contributed by atoms with van der Waals surface area (Å²) in [5.41, 5.74) is 6.01. The molecule has 0 saturated heterocycles. The smallest absolute Gasteiger partial charge is 0.306 e. The molecular formula is C20H28N6O5S. The van der Waals surface area contributed by atoms with E-state index in [1.54, 1.807) is 20.2 Å². The third-order valence-electron chi connectivity index (χ3n) is 4.53. The van der Waals surface area contributed by atoms with E-state index in [4.69, 9.17) is 9.92 Å². The first kappa shape index (κ1) is 24.9. The Morgan fingerprint density at radius 2 is 1.81 bits per heavy atom. The Balaban J connectivity index is 2.44. The standard InChI is InChI=1S/C20H28N6O5S/c1-11(2)12(3)23-18-15(17(21)27)10-22-20(25-18)24-13-7-8-14(19(28)26(4)5)16(9-13)31-32(6,29)30/h7-12H,1-6H3,(H2,21,27)(H2,22,23,24,25)/t12-/m1/s1. The molecule has 32 heavy (non-hydrogen) atoms. The van der Waals surface area contributed by atoms with Crippen LogP contribution < -0.4 is 20.6 Å². The molecule has 0 saturated carbocycles. The van der Waals surface area contributed by atoms with Crippen LogP contribution in [0.15, 0.2) is 24.4 Å². The van der Waals surface area contributed by atoms with Gasteiger partial charge in [0.05, 0.1) is 17.4 Å².